The highest BCUT2D eigenvalue weighted by Crippen LogP contribution is 2.13. The highest BCUT2D eigenvalue weighted by atomic mass is 35.5. The van der Waals surface area contributed by atoms with Crippen LogP contribution in [0.3, 0.4) is 0 Å². The lowest BCUT2D eigenvalue weighted by Gasteiger charge is -2.00. The summed E-state index contributed by atoms with van der Waals surface area (Å²) in [7, 11) is 1.48. The molecule has 0 saturated heterocycles. The van der Waals surface area contributed by atoms with Crippen molar-refractivity contribution in [3.05, 3.63) is 35.7 Å². The van der Waals surface area contributed by atoms with E-state index in [0.29, 0.717) is 16.5 Å². The first-order valence-electron chi connectivity index (χ1n) is 2.62. The third kappa shape index (κ3) is 3.20. The molecular weight excluding hydrogens is 150 g/mol. The van der Waals surface area contributed by atoms with E-state index in [1.54, 1.807) is 0 Å². The van der Waals surface area contributed by atoms with Gasteiger partial charge in [-0.15, -0.1) is 0 Å². The summed E-state index contributed by atoms with van der Waals surface area (Å²) in [5.74, 6) is 0.383. The maximum atomic E-state index is 5.62. The predicted octanol–water partition coefficient (Wildman–Crippen LogP) is 1.74. The number of ether oxygens (including phenoxy) is 1. The van der Waals surface area contributed by atoms with Crippen molar-refractivity contribution in [1.29, 1.82) is 0 Å². The molecule has 0 saturated carbocycles. The molecule has 2 nitrogen and oxygen atoms in total. The third-order valence-corrected chi connectivity index (χ3v) is 1.14. The van der Waals surface area contributed by atoms with E-state index in [4.69, 9.17) is 22.1 Å². The first-order chi connectivity index (χ1) is 4.57. The SMILES string of the molecule is C=C(N)/C=C(/Cl)C(=C)OC. The Kier molecular flexibility index (Phi) is 3.65. The molecule has 0 aromatic carbocycles. The molecule has 0 spiro atoms. The summed E-state index contributed by atoms with van der Waals surface area (Å²) in [4.78, 5) is 0. The lowest BCUT2D eigenvalue weighted by Crippen LogP contribution is -1.92. The van der Waals surface area contributed by atoms with Gasteiger partial charge in [-0.05, 0) is 6.08 Å². The number of nitrogens with two attached hydrogens (primary N) is 1. The normalized spacial score (nSPS) is 10.8. The van der Waals surface area contributed by atoms with Gasteiger partial charge in [0.1, 0.15) is 5.76 Å². The highest BCUT2D eigenvalue weighted by Gasteiger charge is 1.96. The molecule has 56 valence electrons. The van der Waals surface area contributed by atoms with Gasteiger partial charge in [0.2, 0.25) is 0 Å². The monoisotopic (exact) mass is 159 g/mol. The van der Waals surface area contributed by atoms with Crippen molar-refractivity contribution in [2.75, 3.05) is 7.11 Å². The van der Waals surface area contributed by atoms with Crippen LogP contribution >= 0.6 is 11.6 Å². The van der Waals surface area contributed by atoms with E-state index in [1.807, 2.05) is 0 Å². The van der Waals surface area contributed by atoms with Gasteiger partial charge in [-0.1, -0.05) is 24.8 Å². The zero-order valence-corrected chi connectivity index (χ0v) is 6.61. The van der Waals surface area contributed by atoms with Gasteiger partial charge in [0, 0.05) is 5.70 Å². The number of halogens is 1. The van der Waals surface area contributed by atoms with Gasteiger partial charge in [0.05, 0.1) is 12.1 Å². The molecule has 0 bridgehead atoms. The Balaban J connectivity index is 4.19. The Labute approximate surface area is 65.6 Å². The standard InChI is InChI=1S/C7H10ClNO/c1-5(9)4-7(8)6(2)10-3/h4H,1-2,9H2,3H3/b7-4+. The van der Waals surface area contributed by atoms with Crippen LogP contribution in [-0.2, 0) is 4.74 Å². The smallest absolute Gasteiger partial charge is 0.130 e. The van der Waals surface area contributed by atoms with Crippen molar-refractivity contribution in [1.82, 2.24) is 0 Å². The fourth-order valence-corrected chi connectivity index (χ4v) is 0.558. The number of hydrogen-bond donors (Lipinski definition) is 1. The predicted molar refractivity (Wildman–Crippen MR) is 43.4 cm³/mol. The second-order valence-corrected chi connectivity index (χ2v) is 2.10. The van der Waals surface area contributed by atoms with Crippen molar-refractivity contribution < 1.29 is 4.74 Å². The molecule has 10 heavy (non-hydrogen) atoms. The Hall–Kier alpha value is -0.890. The number of methoxy groups -OCH3 is 1. The molecule has 0 aliphatic rings. The average Bonchev–Trinajstić information content (AvgIpc) is 1.85. The molecule has 2 N–H and O–H groups in total. The molecule has 0 radical (unpaired) electrons. The minimum absolute atomic E-state index is 0.370. The van der Waals surface area contributed by atoms with Crippen molar-refractivity contribution in [3.8, 4) is 0 Å². The molecule has 0 fully saturated rings. The van der Waals surface area contributed by atoms with E-state index >= 15 is 0 Å². The van der Waals surface area contributed by atoms with Crippen LogP contribution in [0, 0.1) is 0 Å². The van der Waals surface area contributed by atoms with E-state index in [0.717, 1.165) is 0 Å². The minimum Gasteiger partial charge on any atom is -0.496 e. The lowest BCUT2D eigenvalue weighted by atomic mass is 10.4. The Bertz CT molecular complexity index is 184. The van der Waals surface area contributed by atoms with E-state index < -0.39 is 0 Å². The first kappa shape index (κ1) is 9.11. The maximum absolute atomic E-state index is 5.62. The quantitative estimate of drug-likeness (QED) is 0.503. The second-order valence-electron chi connectivity index (χ2n) is 1.69. The first-order valence-corrected chi connectivity index (χ1v) is 3.00. The topological polar surface area (TPSA) is 35.2 Å². The second kappa shape index (κ2) is 4.01. The van der Waals surface area contributed by atoms with E-state index in [1.165, 1.54) is 13.2 Å². The van der Waals surface area contributed by atoms with Crippen LogP contribution in [0.15, 0.2) is 35.7 Å². The summed E-state index contributed by atoms with van der Waals surface area (Å²) in [6, 6.07) is 0. The van der Waals surface area contributed by atoms with Crippen LogP contribution < -0.4 is 5.73 Å². The van der Waals surface area contributed by atoms with Gasteiger partial charge < -0.3 is 10.5 Å². The molecule has 0 atom stereocenters. The molecule has 0 rings (SSSR count). The molecule has 0 aromatic rings. The van der Waals surface area contributed by atoms with Crippen LogP contribution in [0.25, 0.3) is 0 Å². The van der Waals surface area contributed by atoms with Gasteiger partial charge in [0.25, 0.3) is 0 Å². The van der Waals surface area contributed by atoms with Gasteiger partial charge in [-0.25, -0.2) is 0 Å². The zero-order valence-electron chi connectivity index (χ0n) is 5.86. The van der Waals surface area contributed by atoms with Gasteiger partial charge in [0.15, 0.2) is 0 Å². The van der Waals surface area contributed by atoms with Gasteiger partial charge in [-0.2, -0.15) is 0 Å². The average molecular weight is 160 g/mol. The molecule has 0 amide bonds. The lowest BCUT2D eigenvalue weighted by molar-refractivity contribution is 0.306. The molecule has 0 aliphatic carbocycles. The minimum atomic E-state index is 0.370. The number of allylic oxidation sites excluding steroid dienone is 2. The van der Waals surface area contributed by atoms with Crippen molar-refractivity contribution in [3.63, 3.8) is 0 Å². The van der Waals surface area contributed by atoms with Gasteiger partial charge >= 0.3 is 0 Å². The van der Waals surface area contributed by atoms with Gasteiger partial charge in [-0.3, -0.25) is 0 Å². The van der Waals surface area contributed by atoms with E-state index in [2.05, 4.69) is 13.2 Å². The van der Waals surface area contributed by atoms with Crippen molar-refractivity contribution in [2.24, 2.45) is 5.73 Å². The molecule has 0 unspecified atom stereocenters. The van der Waals surface area contributed by atoms with Crippen molar-refractivity contribution >= 4 is 11.6 Å². The Morgan fingerprint density at radius 2 is 2.10 bits per heavy atom. The molecule has 0 aromatic heterocycles. The van der Waals surface area contributed by atoms with Crippen LogP contribution in [0.5, 0.6) is 0 Å². The summed E-state index contributed by atoms with van der Waals surface area (Å²) < 4.78 is 4.72. The van der Waals surface area contributed by atoms with Crippen LogP contribution in [-0.4, -0.2) is 7.11 Å². The summed E-state index contributed by atoms with van der Waals surface area (Å²) in [5, 5.41) is 0.370. The number of hydrogen-bond acceptors (Lipinski definition) is 2. The fourth-order valence-electron chi connectivity index (χ4n) is 0.341. The third-order valence-electron chi connectivity index (χ3n) is 0.825. The summed E-state index contributed by atoms with van der Waals surface area (Å²) in [6.07, 6.45) is 1.48. The summed E-state index contributed by atoms with van der Waals surface area (Å²) >= 11 is 5.62. The molecular formula is C7H10ClNO. The largest absolute Gasteiger partial charge is 0.496 e. The highest BCUT2D eigenvalue weighted by molar-refractivity contribution is 6.31. The number of rotatable bonds is 3. The fraction of sp³-hybridized carbons (Fsp3) is 0.143. The van der Waals surface area contributed by atoms with Crippen molar-refractivity contribution in [2.45, 2.75) is 0 Å². The van der Waals surface area contributed by atoms with Crippen LogP contribution in [0.2, 0.25) is 0 Å². The summed E-state index contributed by atoms with van der Waals surface area (Å²) in [5.41, 5.74) is 5.61. The molecule has 0 heterocycles. The Morgan fingerprint density at radius 3 is 2.40 bits per heavy atom. The van der Waals surface area contributed by atoms with E-state index in [9.17, 15) is 0 Å². The molecule has 3 heteroatoms. The zero-order chi connectivity index (χ0) is 8.15. The van der Waals surface area contributed by atoms with Crippen LogP contribution in [0.4, 0.5) is 0 Å². The van der Waals surface area contributed by atoms with E-state index in [-0.39, 0.29) is 0 Å². The summed E-state index contributed by atoms with van der Waals surface area (Å²) in [6.45, 7) is 6.94. The Morgan fingerprint density at radius 1 is 1.60 bits per heavy atom. The maximum Gasteiger partial charge on any atom is 0.130 e. The molecule has 0 aliphatic heterocycles. The van der Waals surface area contributed by atoms with Crippen LogP contribution in [0.1, 0.15) is 0 Å².